The lowest BCUT2D eigenvalue weighted by atomic mass is 9.79. The molecule has 7 unspecified atom stereocenters. The molecule has 0 aromatic rings. The third kappa shape index (κ3) is 16.6. The minimum absolute atomic E-state index is 0.0179. The Kier molecular flexibility index (Phi) is 22.3. The van der Waals surface area contributed by atoms with Gasteiger partial charge in [0.05, 0.1) is 76.4 Å². The number of hydrogen-bond acceptors (Lipinski definition) is 17. The van der Waals surface area contributed by atoms with Crippen LogP contribution in [0.1, 0.15) is 96.3 Å². The Balaban J connectivity index is 0.687. The molecule has 7 aliphatic rings. The molecule has 8 atom stereocenters. The van der Waals surface area contributed by atoms with Gasteiger partial charge in [-0.05, 0) is 76.0 Å². The molecule has 0 bridgehead atoms. The summed E-state index contributed by atoms with van der Waals surface area (Å²) in [6.07, 6.45) is 11.7. The molecule has 6 N–H and O–H groups in total. The number of imide groups is 2. The van der Waals surface area contributed by atoms with Crippen molar-refractivity contribution in [2.24, 2.45) is 35.5 Å². The highest BCUT2D eigenvalue weighted by molar-refractivity contribution is 8.00. The van der Waals surface area contributed by atoms with Gasteiger partial charge in [0.1, 0.15) is 24.2 Å². The first kappa shape index (κ1) is 57.9. The highest BCUT2D eigenvalue weighted by Crippen LogP contribution is 2.41. The number of fused-ring (bicyclic) bond motifs is 1. The first-order valence-electron chi connectivity index (χ1n) is 26.8. The van der Waals surface area contributed by atoms with Crippen LogP contribution in [0.5, 0.6) is 0 Å². The molecule has 0 aromatic carbocycles. The van der Waals surface area contributed by atoms with E-state index in [1.165, 1.54) is 36.4 Å². The maximum atomic E-state index is 13.6. The number of ether oxygens (including phenoxy) is 5. The second kappa shape index (κ2) is 28.5. The van der Waals surface area contributed by atoms with Crippen molar-refractivity contribution in [2.75, 3.05) is 97.6 Å². The number of rotatable bonds is 27. The Morgan fingerprint density at radius 2 is 1.46 bits per heavy atom. The number of piperidine rings is 1. The average Bonchev–Trinajstić information content (AvgIpc) is 4.14. The molecular formula is C49H78N8O15S2. The van der Waals surface area contributed by atoms with Gasteiger partial charge >= 0.3 is 0 Å². The summed E-state index contributed by atoms with van der Waals surface area (Å²) >= 11 is 1.66. The van der Waals surface area contributed by atoms with E-state index in [4.69, 9.17) is 23.7 Å². The summed E-state index contributed by atoms with van der Waals surface area (Å²) in [7, 11) is -3.43. The van der Waals surface area contributed by atoms with Crippen molar-refractivity contribution in [3.63, 3.8) is 0 Å². The molecule has 0 aromatic heterocycles. The number of carbonyl (C=O) groups is 8. The molecule has 8 amide bonds. The highest BCUT2D eigenvalue weighted by atomic mass is 32.2. The van der Waals surface area contributed by atoms with Crippen molar-refractivity contribution < 1.29 is 70.5 Å². The van der Waals surface area contributed by atoms with Gasteiger partial charge < -0.3 is 45.0 Å². The number of nitrogens with one attached hydrogen (secondary N) is 6. The van der Waals surface area contributed by atoms with Gasteiger partial charge in [-0.25, -0.2) is 12.7 Å². The van der Waals surface area contributed by atoms with E-state index in [0.717, 1.165) is 29.8 Å². The van der Waals surface area contributed by atoms with Crippen molar-refractivity contribution >= 4 is 69.0 Å². The van der Waals surface area contributed by atoms with Crippen LogP contribution >= 0.6 is 11.8 Å². The first-order valence-corrected chi connectivity index (χ1v) is 29.7. The molecular weight excluding hydrogens is 1000 g/mol. The summed E-state index contributed by atoms with van der Waals surface area (Å²) < 4.78 is 54.1. The summed E-state index contributed by atoms with van der Waals surface area (Å²) in [6, 6.07) is -1.63. The maximum Gasteiger partial charge on any atom is 0.249 e. The van der Waals surface area contributed by atoms with Crippen molar-refractivity contribution in [3.05, 3.63) is 0 Å². The van der Waals surface area contributed by atoms with Gasteiger partial charge in [0.15, 0.2) is 0 Å². The maximum absolute atomic E-state index is 13.6. The smallest absolute Gasteiger partial charge is 0.249 e. The van der Waals surface area contributed by atoms with E-state index in [1.54, 1.807) is 11.8 Å². The molecule has 416 valence electrons. The molecule has 3 saturated carbocycles. The fourth-order valence-corrected chi connectivity index (χ4v) is 13.5. The zero-order valence-electron chi connectivity index (χ0n) is 42.7. The van der Waals surface area contributed by atoms with Crippen molar-refractivity contribution in [3.8, 4) is 0 Å². The summed E-state index contributed by atoms with van der Waals surface area (Å²) in [5, 5.41) is 17.4. The Hall–Kier alpha value is -3.82. The molecule has 0 radical (unpaired) electrons. The van der Waals surface area contributed by atoms with Crippen LogP contribution in [0.25, 0.3) is 0 Å². The predicted octanol–water partition coefficient (Wildman–Crippen LogP) is -0.482. The van der Waals surface area contributed by atoms with Crippen molar-refractivity contribution in [1.29, 1.82) is 0 Å². The van der Waals surface area contributed by atoms with Crippen LogP contribution in [0, 0.1) is 35.5 Å². The van der Waals surface area contributed by atoms with Crippen LogP contribution in [0.3, 0.4) is 0 Å². The molecule has 25 heteroatoms. The van der Waals surface area contributed by atoms with Crippen LogP contribution in [-0.2, 0) is 72.1 Å². The van der Waals surface area contributed by atoms with Gasteiger partial charge in [-0.3, -0.25) is 53.9 Å². The van der Waals surface area contributed by atoms with E-state index in [0.29, 0.717) is 96.7 Å². The normalized spacial score (nSPS) is 29.4. The van der Waals surface area contributed by atoms with Gasteiger partial charge in [-0.15, -0.1) is 11.8 Å². The van der Waals surface area contributed by atoms with Crippen LogP contribution in [-0.4, -0.2) is 192 Å². The van der Waals surface area contributed by atoms with Crippen molar-refractivity contribution in [2.45, 2.75) is 126 Å². The highest BCUT2D eigenvalue weighted by Gasteiger charge is 2.56. The zero-order valence-corrected chi connectivity index (χ0v) is 44.3. The zero-order chi connectivity index (χ0) is 52.6. The molecule has 4 saturated heterocycles. The minimum atomic E-state index is -3.43. The van der Waals surface area contributed by atoms with Crippen LogP contribution < -0.4 is 31.9 Å². The molecule has 23 nitrogen and oxygen atoms in total. The number of thioether (sulfide) groups is 1. The van der Waals surface area contributed by atoms with Crippen LogP contribution in [0.4, 0.5) is 0 Å². The largest absolute Gasteiger partial charge is 0.378 e. The fourth-order valence-electron chi connectivity index (χ4n) is 11.3. The summed E-state index contributed by atoms with van der Waals surface area (Å²) in [6.45, 7) is 2.83. The number of sulfonamides is 1. The topological polar surface area (TPSA) is 296 Å². The molecule has 7 fully saturated rings. The van der Waals surface area contributed by atoms with Gasteiger partial charge in [-0.1, -0.05) is 25.7 Å². The van der Waals surface area contributed by atoms with Crippen LogP contribution in [0.15, 0.2) is 0 Å². The van der Waals surface area contributed by atoms with Gasteiger partial charge in [-0.2, -0.15) is 0 Å². The summed E-state index contributed by atoms with van der Waals surface area (Å²) in [5.74, 6) is -3.51. The van der Waals surface area contributed by atoms with E-state index < -0.39 is 75.5 Å². The number of hydrogen-bond donors (Lipinski definition) is 6. The Morgan fingerprint density at radius 1 is 0.757 bits per heavy atom. The van der Waals surface area contributed by atoms with E-state index in [2.05, 4.69) is 31.9 Å². The minimum Gasteiger partial charge on any atom is -0.378 e. The third-order valence-corrected chi connectivity index (χ3v) is 17.9. The van der Waals surface area contributed by atoms with Gasteiger partial charge in [0, 0.05) is 56.9 Å². The number of nitrogens with zero attached hydrogens (tertiary/aromatic N) is 2. The van der Waals surface area contributed by atoms with E-state index in [-0.39, 0.29) is 87.4 Å². The lowest BCUT2D eigenvalue weighted by molar-refractivity contribution is -0.152. The second-order valence-corrected chi connectivity index (χ2v) is 23.8. The summed E-state index contributed by atoms with van der Waals surface area (Å²) in [5.41, 5.74) is -0.273. The number of likely N-dealkylation sites (tertiary alicyclic amines) is 1. The monoisotopic (exact) mass is 1080 g/mol. The van der Waals surface area contributed by atoms with Gasteiger partial charge in [0.2, 0.25) is 57.3 Å². The molecule has 0 spiro atoms. The van der Waals surface area contributed by atoms with Crippen molar-refractivity contribution in [1.82, 2.24) is 41.1 Å². The van der Waals surface area contributed by atoms with E-state index in [9.17, 15) is 46.8 Å². The van der Waals surface area contributed by atoms with E-state index in [1.807, 2.05) is 0 Å². The predicted molar refractivity (Wildman–Crippen MR) is 268 cm³/mol. The standard InChI is InChI=1S/C49H78N8O15S2/c1-74(66,67)56-19-16-34(26-56)44(61)52-36(45(62)55-49-53-37(30-73-49)32-6-3-2-4-7-32)28-71-27-31-10-12-33(13-11-31)43(60)51-18-21-69-23-25-70-24-22-68-20-17-50-41(59)29-72-39-9-5-8-35-42(39)48(65)57(47(35)64)38-14-15-40(58)54-46(38)63/h31-39,42,49,53H,2-30H2,1H3,(H,50,59)(H,51,60)(H,52,61)(H,55,62)(H,54,58,63)/t31?,33?,34?,35?,36-,37?,38?,39?,42?,49?/m0/s1. The molecule has 7 rings (SSSR count). The Labute approximate surface area is 438 Å². The lowest BCUT2D eigenvalue weighted by Crippen LogP contribution is -2.55. The van der Waals surface area contributed by atoms with E-state index >= 15 is 0 Å². The van der Waals surface area contributed by atoms with Crippen LogP contribution in [0.2, 0.25) is 0 Å². The molecule has 4 aliphatic heterocycles. The quantitative estimate of drug-likeness (QED) is 0.0447. The Morgan fingerprint density at radius 3 is 2.15 bits per heavy atom. The molecule has 4 heterocycles. The average molecular weight is 1080 g/mol. The second-order valence-electron chi connectivity index (χ2n) is 20.7. The Bertz CT molecular complexity index is 2080. The lowest BCUT2D eigenvalue weighted by Gasteiger charge is -2.30. The summed E-state index contributed by atoms with van der Waals surface area (Å²) in [4.78, 5) is 104. The SMILES string of the molecule is CS(=O)(=O)N1CCC(C(=O)N[C@@H](COCC2CCC(C(=O)NCCOCCOCCOCCNC(=O)COC3CCCC4C(=O)N(C5CCC(=O)NC5=O)C(=O)C34)CC2)C(=O)NC2NC(C3CCCCC3)CS2)C1. The number of carbonyl (C=O) groups excluding carboxylic acids is 8. The third-order valence-electron chi connectivity index (χ3n) is 15.5. The molecule has 3 aliphatic carbocycles. The van der Waals surface area contributed by atoms with Gasteiger partial charge in [0.25, 0.3) is 0 Å². The first-order chi connectivity index (χ1) is 35.7. The fraction of sp³-hybridized carbons (Fsp3) is 0.837. The number of amides is 8. The molecule has 74 heavy (non-hydrogen) atoms.